The minimum absolute atomic E-state index is 0.0151. The Balaban J connectivity index is 1.69. The van der Waals surface area contributed by atoms with E-state index in [1.165, 1.54) is 44.5 Å². The average Bonchev–Trinajstić information content (AvgIpc) is 3.01. The highest BCUT2D eigenvalue weighted by atomic mass is 16.5. The highest BCUT2D eigenvalue weighted by molar-refractivity contribution is 5.90. The maximum atomic E-state index is 6.43. The first kappa shape index (κ1) is 33.6. The summed E-state index contributed by atoms with van der Waals surface area (Å²) >= 11 is 0. The number of hydrogen-bond acceptors (Lipinski definition) is 2. The summed E-state index contributed by atoms with van der Waals surface area (Å²) in [5, 5.41) is 0. The summed E-state index contributed by atoms with van der Waals surface area (Å²) < 4.78 is 6.43. The molecule has 6 rings (SSSR count). The third-order valence-corrected chi connectivity index (χ3v) is 9.61. The molecule has 0 saturated heterocycles. The van der Waals surface area contributed by atoms with Gasteiger partial charge in [0.05, 0.1) is 11.4 Å². The van der Waals surface area contributed by atoms with Gasteiger partial charge in [-0.05, 0) is 109 Å². The van der Waals surface area contributed by atoms with Crippen LogP contribution in [0.4, 0.5) is 17.1 Å². The van der Waals surface area contributed by atoms with Crippen LogP contribution < -0.4 is 9.64 Å². The van der Waals surface area contributed by atoms with Gasteiger partial charge in [-0.1, -0.05) is 144 Å². The summed E-state index contributed by atoms with van der Waals surface area (Å²) in [7, 11) is 0. The smallest absolute Gasteiger partial charge is 0.151 e. The lowest BCUT2D eigenvalue weighted by atomic mass is 9.78. The number of fused-ring (bicyclic) bond motifs is 2. The molecule has 0 aromatic heterocycles. The Bertz CT molecular complexity index is 1780. The predicted molar refractivity (Wildman–Crippen MR) is 207 cm³/mol. The molecule has 48 heavy (non-hydrogen) atoms. The van der Waals surface area contributed by atoms with Crippen LogP contribution in [0.2, 0.25) is 0 Å². The van der Waals surface area contributed by atoms with Crippen LogP contribution >= 0.6 is 0 Å². The second-order valence-corrected chi connectivity index (χ2v) is 17.7. The van der Waals surface area contributed by atoms with Crippen molar-refractivity contribution in [3.05, 3.63) is 125 Å². The third kappa shape index (κ3) is 6.68. The van der Waals surface area contributed by atoms with Gasteiger partial charge in [-0.25, -0.2) is 0 Å². The fraction of sp³-hybridized carbons (Fsp3) is 0.348. The van der Waals surface area contributed by atoms with Gasteiger partial charge in [0.1, 0.15) is 0 Å². The molecule has 0 fully saturated rings. The summed E-state index contributed by atoms with van der Waals surface area (Å²) in [4.78, 5) is 2.37. The summed E-state index contributed by atoms with van der Waals surface area (Å²) in [5.74, 6) is 1.72. The van der Waals surface area contributed by atoms with Crippen LogP contribution in [0.1, 0.15) is 105 Å². The Hall–Kier alpha value is -4.30. The van der Waals surface area contributed by atoms with Crippen molar-refractivity contribution >= 4 is 17.1 Å². The molecule has 0 aliphatic carbocycles. The molecule has 0 bridgehead atoms. The van der Waals surface area contributed by atoms with E-state index in [9.17, 15) is 0 Å². The first-order chi connectivity index (χ1) is 22.3. The van der Waals surface area contributed by atoms with E-state index in [0.29, 0.717) is 0 Å². The van der Waals surface area contributed by atoms with Crippen LogP contribution in [0.25, 0.3) is 22.3 Å². The van der Waals surface area contributed by atoms with E-state index in [1.807, 2.05) is 12.1 Å². The van der Waals surface area contributed by atoms with Crippen molar-refractivity contribution in [1.82, 2.24) is 0 Å². The number of rotatable bonds is 3. The minimum Gasteiger partial charge on any atom is -0.453 e. The highest BCUT2D eigenvalue weighted by Crippen LogP contribution is 2.51. The molecule has 0 radical (unpaired) electrons. The molecule has 1 aliphatic rings. The predicted octanol–water partition coefficient (Wildman–Crippen LogP) is 13.8. The molecule has 0 saturated carbocycles. The van der Waals surface area contributed by atoms with Crippen molar-refractivity contribution in [2.75, 3.05) is 4.90 Å². The molecule has 0 amide bonds. The topological polar surface area (TPSA) is 12.5 Å². The molecule has 0 atom stereocenters. The van der Waals surface area contributed by atoms with Crippen molar-refractivity contribution in [1.29, 1.82) is 0 Å². The number of para-hydroxylation sites is 4. The summed E-state index contributed by atoms with van der Waals surface area (Å²) in [6, 6.07) is 38.3. The zero-order chi connectivity index (χ0) is 34.8. The van der Waals surface area contributed by atoms with Gasteiger partial charge in [0.15, 0.2) is 11.5 Å². The minimum atomic E-state index is 0.0151. The molecular formula is C46H53NO. The maximum absolute atomic E-state index is 6.43. The lowest BCUT2D eigenvalue weighted by molar-refractivity contribution is 0.477. The second kappa shape index (κ2) is 11.7. The average molecular weight is 636 g/mol. The van der Waals surface area contributed by atoms with E-state index in [-0.39, 0.29) is 21.7 Å². The molecule has 5 aromatic rings. The molecule has 2 nitrogen and oxygen atoms in total. The molecule has 248 valence electrons. The maximum Gasteiger partial charge on any atom is 0.151 e. The van der Waals surface area contributed by atoms with E-state index in [0.717, 1.165) is 28.6 Å². The number of ether oxygens (including phenoxy) is 1. The molecule has 1 heterocycles. The highest BCUT2D eigenvalue weighted by Gasteiger charge is 2.28. The van der Waals surface area contributed by atoms with Crippen LogP contribution in [-0.2, 0) is 21.7 Å². The number of hydrogen-bond donors (Lipinski definition) is 0. The van der Waals surface area contributed by atoms with Gasteiger partial charge in [0.2, 0.25) is 0 Å². The number of nitrogens with zero attached hydrogens (tertiary/aromatic N) is 1. The van der Waals surface area contributed by atoms with Gasteiger partial charge >= 0.3 is 0 Å². The Labute approximate surface area is 289 Å². The van der Waals surface area contributed by atoms with Crippen LogP contribution in [0.15, 0.2) is 103 Å². The zero-order valence-corrected chi connectivity index (χ0v) is 31.2. The molecule has 0 spiro atoms. The second-order valence-electron chi connectivity index (χ2n) is 17.7. The molecule has 2 heteroatoms. The zero-order valence-electron chi connectivity index (χ0n) is 31.2. The standard InChI is InChI=1S/C46H53NO/c1-43(2,3)34-22-32(23-35(28-34)44(4,5)6)30-21-31(33-24-36(45(7,8)9)29-37(25-33)46(10,11)12)27-38(26-30)47-39-17-13-15-19-41(39)48-42-20-16-14-18-40(42)47/h13-29H,1-12H3. The number of benzene rings is 5. The van der Waals surface area contributed by atoms with Crippen molar-refractivity contribution in [2.24, 2.45) is 0 Å². The number of anilines is 3. The summed E-state index contributed by atoms with van der Waals surface area (Å²) in [6.07, 6.45) is 0. The van der Waals surface area contributed by atoms with Gasteiger partial charge < -0.3 is 9.64 Å². The van der Waals surface area contributed by atoms with E-state index in [4.69, 9.17) is 4.74 Å². The van der Waals surface area contributed by atoms with Crippen molar-refractivity contribution in [3.63, 3.8) is 0 Å². The van der Waals surface area contributed by atoms with Crippen LogP contribution in [0, 0.1) is 0 Å². The summed E-state index contributed by atoms with van der Waals surface area (Å²) in [6.45, 7) is 27.8. The van der Waals surface area contributed by atoms with Crippen LogP contribution in [-0.4, -0.2) is 0 Å². The summed E-state index contributed by atoms with van der Waals surface area (Å²) in [5.41, 5.74) is 13.6. The fourth-order valence-electron chi connectivity index (χ4n) is 6.38. The van der Waals surface area contributed by atoms with Crippen molar-refractivity contribution in [3.8, 4) is 33.8 Å². The first-order valence-corrected chi connectivity index (χ1v) is 17.4. The lowest BCUT2D eigenvalue weighted by Crippen LogP contribution is -2.17. The van der Waals surface area contributed by atoms with E-state index in [1.54, 1.807) is 0 Å². The van der Waals surface area contributed by atoms with Crippen LogP contribution in [0.3, 0.4) is 0 Å². The van der Waals surface area contributed by atoms with E-state index >= 15 is 0 Å². The molecule has 5 aromatic carbocycles. The third-order valence-electron chi connectivity index (χ3n) is 9.61. The monoisotopic (exact) mass is 635 g/mol. The molecule has 0 unspecified atom stereocenters. The van der Waals surface area contributed by atoms with Gasteiger partial charge in [-0.15, -0.1) is 0 Å². The quantitative estimate of drug-likeness (QED) is 0.192. The fourth-order valence-corrected chi connectivity index (χ4v) is 6.38. The van der Waals surface area contributed by atoms with E-state index < -0.39 is 0 Å². The Morgan fingerprint density at radius 3 is 1.02 bits per heavy atom. The van der Waals surface area contributed by atoms with Gasteiger partial charge in [0.25, 0.3) is 0 Å². The van der Waals surface area contributed by atoms with Gasteiger partial charge in [0, 0.05) is 5.69 Å². The Kier molecular flexibility index (Phi) is 8.18. The first-order valence-electron chi connectivity index (χ1n) is 17.4. The van der Waals surface area contributed by atoms with Crippen molar-refractivity contribution < 1.29 is 4.74 Å². The SMILES string of the molecule is CC(C)(C)c1cc(-c2cc(-c3cc(C(C)(C)C)cc(C(C)(C)C)c3)cc(N3c4ccccc4Oc4ccccc43)c2)cc(C(C)(C)C)c1. The van der Waals surface area contributed by atoms with Crippen molar-refractivity contribution in [2.45, 2.75) is 105 Å². The molecule has 1 aliphatic heterocycles. The molecular weight excluding hydrogens is 583 g/mol. The van der Waals surface area contributed by atoms with Crippen LogP contribution in [0.5, 0.6) is 11.5 Å². The van der Waals surface area contributed by atoms with Gasteiger partial charge in [-0.2, -0.15) is 0 Å². The Morgan fingerprint density at radius 2 is 0.688 bits per heavy atom. The Morgan fingerprint density at radius 1 is 0.375 bits per heavy atom. The van der Waals surface area contributed by atoms with E-state index in [2.05, 4.69) is 179 Å². The lowest BCUT2D eigenvalue weighted by Gasteiger charge is -2.33. The normalized spacial score (nSPS) is 13.5. The molecule has 0 N–H and O–H groups in total. The largest absolute Gasteiger partial charge is 0.453 e. The van der Waals surface area contributed by atoms with Gasteiger partial charge in [-0.3, -0.25) is 0 Å².